The van der Waals surface area contributed by atoms with E-state index in [-0.39, 0.29) is 11.3 Å². The van der Waals surface area contributed by atoms with Crippen molar-refractivity contribution in [3.05, 3.63) is 87.9 Å². The molecule has 0 radical (unpaired) electrons. The number of thiazole rings is 1. The van der Waals surface area contributed by atoms with Gasteiger partial charge in [-0.1, -0.05) is 52.8 Å². The summed E-state index contributed by atoms with van der Waals surface area (Å²) in [5.74, 6) is -0.895. The van der Waals surface area contributed by atoms with Gasteiger partial charge in [0.05, 0.1) is 41.1 Å². The van der Waals surface area contributed by atoms with Gasteiger partial charge in [-0.3, -0.25) is 14.5 Å². The van der Waals surface area contributed by atoms with Crippen LogP contribution < -0.4 is 14.4 Å². The van der Waals surface area contributed by atoms with E-state index in [1.165, 1.54) is 29.4 Å². The maximum absolute atomic E-state index is 13.4. The molecular weight excluding hydrogens is 500 g/mol. The molecule has 0 bridgehead atoms. The molecule has 0 aliphatic carbocycles. The zero-order valence-electron chi connectivity index (χ0n) is 19.6. The first-order chi connectivity index (χ1) is 17.3. The molecule has 1 saturated heterocycles. The van der Waals surface area contributed by atoms with Gasteiger partial charge in [0.2, 0.25) is 0 Å². The van der Waals surface area contributed by atoms with Crippen molar-refractivity contribution in [1.29, 1.82) is 0 Å². The number of aliphatic hydroxyl groups excluding tert-OH is 1. The van der Waals surface area contributed by atoms with Crippen molar-refractivity contribution < 1.29 is 24.2 Å². The molecular formula is C27H21ClN2O5S. The first-order valence-electron chi connectivity index (χ1n) is 11.0. The number of amides is 1. The van der Waals surface area contributed by atoms with Crippen molar-refractivity contribution in [3.63, 3.8) is 0 Å². The zero-order chi connectivity index (χ0) is 25.6. The molecule has 4 aromatic rings. The molecule has 1 aliphatic heterocycles. The molecule has 0 saturated carbocycles. The average Bonchev–Trinajstić information content (AvgIpc) is 3.41. The molecule has 2 heterocycles. The number of aromatic nitrogens is 1. The fourth-order valence-corrected chi connectivity index (χ4v) is 5.49. The number of carbonyl (C=O) groups excluding carboxylic acids is 2. The van der Waals surface area contributed by atoms with E-state index in [0.717, 1.165) is 10.3 Å². The Bertz CT molecular complexity index is 1560. The number of methoxy groups -OCH3 is 2. The van der Waals surface area contributed by atoms with Crippen LogP contribution in [0.15, 0.2) is 66.2 Å². The molecule has 5 rings (SSSR count). The largest absolute Gasteiger partial charge is 0.507 e. The van der Waals surface area contributed by atoms with Gasteiger partial charge in [0.25, 0.3) is 5.78 Å². The summed E-state index contributed by atoms with van der Waals surface area (Å²) in [6.07, 6.45) is 0. The van der Waals surface area contributed by atoms with Gasteiger partial charge >= 0.3 is 5.91 Å². The molecule has 1 N–H and O–H groups in total. The Morgan fingerprint density at radius 3 is 2.58 bits per heavy atom. The number of hydrogen-bond acceptors (Lipinski definition) is 7. The number of ether oxygens (including phenoxy) is 2. The average molecular weight is 521 g/mol. The van der Waals surface area contributed by atoms with Gasteiger partial charge in [0.1, 0.15) is 17.3 Å². The van der Waals surface area contributed by atoms with E-state index in [1.54, 1.807) is 31.4 Å². The van der Waals surface area contributed by atoms with Crippen LogP contribution in [0.4, 0.5) is 5.13 Å². The number of aryl methyl sites for hydroxylation is 1. The second kappa shape index (κ2) is 9.29. The van der Waals surface area contributed by atoms with Crippen molar-refractivity contribution in [2.24, 2.45) is 0 Å². The van der Waals surface area contributed by atoms with E-state index in [1.807, 2.05) is 37.3 Å². The van der Waals surface area contributed by atoms with Crippen LogP contribution in [0.5, 0.6) is 11.5 Å². The number of halogens is 1. The highest BCUT2D eigenvalue weighted by molar-refractivity contribution is 7.22. The quantitative estimate of drug-likeness (QED) is 0.200. The van der Waals surface area contributed by atoms with E-state index in [0.29, 0.717) is 38.3 Å². The lowest BCUT2D eigenvalue weighted by Crippen LogP contribution is -2.29. The fraction of sp³-hybridized carbons (Fsp3) is 0.148. The Labute approximate surface area is 216 Å². The number of nitrogens with zero attached hydrogens (tertiary/aromatic N) is 2. The highest BCUT2D eigenvalue weighted by Crippen LogP contribution is 2.45. The number of hydrogen-bond donors (Lipinski definition) is 1. The fourth-order valence-electron chi connectivity index (χ4n) is 4.27. The molecule has 182 valence electrons. The summed E-state index contributed by atoms with van der Waals surface area (Å²) < 4.78 is 11.4. The van der Waals surface area contributed by atoms with E-state index in [2.05, 4.69) is 4.98 Å². The van der Waals surface area contributed by atoms with Gasteiger partial charge in [-0.15, -0.1) is 0 Å². The van der Waals surface area contributed by atoms with Crippen LogP contribution in [0.25, 0.3) is 16.0 Å². The number of benzene rings is 3. The zero-order valence-corrected chi connectivity index (χ0v) is 21.2. The molecule has 1 unspecified atom stereocenters. The predicted octanol–water partition coefficient (Wildman–Crippen LogP) is 5.90. The van der Waals surface area contributed by atoms with E-state index in [4.69, 9.17) is 21.1 Å². The summed E-state index contributed by atoms with van der Waals surface area (Å²) in [6.45, 7) is 1.92. The summed E-state index contributed by atoms with van der Waals surface area (Å²) in [5.41, 5.74) is 2.56. The summed E-state index contributed by atoms with van der Waals surface area (Å²) in [4.78, 5) is 32.8. The highest BCUT2D eigenvalue weighted by Gasteiger charge is 2.48. The van der Waals surface area contributed by atoms with Gasteiger partial charge in [0.15, 0.2) is 5.13 Å². The maximum atomic E-state index is 13.4. The van der Waals surface area contributed by atoms with E-state index in [9.17, 15) is 14.7 Å². The first-order valence-corrected chi connectivity index (χ1v) is 12.2. The molecule has 0 spiro atoms. The van der Waals surface area contributed by atoms with Crippen LogP contribution in [0.3, 0.4) is 0 Å². The van der Waals surface area contributed by atoms with Crippen LogP contribution in [0.2, 0.25) is 5.02 Å². The van der Waals surface area contributed by atoms with Crippen molar-refractivity contribution in [2.75, 3.05) is 19.1 Å². The third-order valence-corrected chi connectivity index (χ3v) is 7.35. The molecule has 3 aromatic carbocycles. The topological polar surface area (TPSA) is 89.0 Å². The Morgan fingerprint density at radius 2 is 1.86 bits per heavy atom. The number of fused-ring (bicyclic) bond motifs is 1. The number of ketones is 1. The summed E-state index contributed by atoms with van der Waals surface area (Å²) in [7, 11) is 3.03. The van der Waals surface area contributed by atoms with Crippen molar-refractivity contribution in [3.8, 4) is 11.5 Å². The summed E-state index contributed by atoms with van der Waals surface area (Å²) in [6, 6.07) is 16.7. The predicted molar refractivity (Wildman–Crippen MR) is 140 cm³/mol. The minimum absolute atomic E-state index is 0.0354. The third-order valence-electron chi connectivity index (χ3n) is 6.02. The standard InChI is InChI=1S/C27H21ClN2O5S/c1-14-5-4-6-15(11-14)23-22(24(31)16-7-9-18(28)20(12-16)35-3)25(32)26(33)30(23)27-29-19-10-8-17(34-2)13-21(19)36-27/h4-13,23,31H,1-3H3/b24-22+. The Morgan fingerprint density at radius 1 is 1.06 bits per heavy atom. The number of rotatable bonds is 5. The minimum Gasteiger partial charge on any atom is -0.507 e. The van der Waals surface area contributed by atoms with E-state index >= 15 is 0 Å². The molecule has 1 aliphatic rings. The Hall–Kier alpha value is -3.88. The Kier molecular flexibility index (Phi) is 6.15. The van der Waals surface area contributed by atoms with Crippen molar-refractivity contribution >= 4 is 55.7 Å². The van der Waals surface area contributed by atoms with Gasteiger partial charge in [-0.25, -0.2) is 4.98 Å². The Balaban J connectivity index is 1.73. The van der Waals surface area contributed by atoms with Gasteiger partial charge in [0, 0.05) is 5.56 Å². The van der Waals surface area contributed by atoms with Crippen LogP contribution in [-0.4, -0.2) is 36.0 Å². The lowest BCUT2D eigenvalue weighted by Gasteiger charge is -2.23. The summed E-state index contributed by atoms with van der Waals surface area (Å²) >= 11 is 7.42. The number of carbonyl (C=O) groups is 2. The number of Topliss-reactive ketones (excluding diaryl/α,β-unsaturated/α-hetero) is 1. The SMILES string of the molecule is COc1ccc2nc(N3C(=O)C(=O)/C(=C(/O)c4ccc(Cl)c(OC)c4)C3c3cccc(C)c3)sc2c1. The highest BCUT2D eigenvalue weighted by atomic mass is 35.5. The number of aliphatic hydroxyl groups is 1. The van der Waals surface area contributed by atoms with Crippen LogP contribution >= 0.6 is 22.9 Å². The lowest BCUT2D eigenvalue weighted by atomic mass is 9.94. The van der Waals surface area contributed by atoms with Crippen molar-refractivity contribution in [2.45, 2.75) is 13.0 Å². The van der Waals surface area contributed by atoms with Crippen LogP contribution in [0, 0.1) is 6.92 Å². The molecule has 7 nitrogen and oxygen atoms in total. The minimum atomic E-state index is -0.881. The van der Waals surface area contributed by atoms with Gasteiger partial charge in [-0.2, -0.15) is 0 Å². The molecule has 1 atom stereocenters. The maximum Gasteiger partial charge on any atom is 0.301 e. The third kappa shape index (κ3) is 3.98. The molecule has 1 fully saturated rings. The molecule has 1 aromatic heterocycles. The van der Waals surface area contributed by atoms with Crippen molar-refractivity contribution in [1.82, 2.24) is 4.98 Å². The second-order valence-corrected chi connectivity index (χ2v) is 9.68. The first kappa shape index (κ1) is 23.8. The second-order valence-electron chi connectivity index (χ2n) is 8.26. The monoisotopic (exact) mass is 520 g/mol. The summed E-state index contributed by atoms with van der Waals surface area (Å²) in [5, 5.41) is 12.0. The molecule has 36 heavy (non-hydrogen) atoms. The molecule has 1 amide bonds. The van der Waals surface area contributed by atoms with E-state index < -0.39 is 17.7 Å². The smallest absolute Gasteiger partial charge is 0.301 e. The molecule has 9 heteroatoms. The number of anilines is 1. The van der Waals surface area contributed by atoms with Gasteiger partial charge < -0.3 is 14.6 Å². The van der Waals surface area contributed by atoms with Crippen LogP contribution in [0.1, 0.15) is 22.7 Å². The van der Waals surface area contributed by atoms with Gasteiger partial charge in [-0.05, 0) is 48.9 Å². The lowest BCUT2D eigenvalue weighted by molar-refractivity contribution is -0.132. The normalized spacial score (nSPS) is 17.1. The van der Waals surface area contributed by atoms with Crippen LogP contribution in [-0.2, 0) is 9.59 Å².